The Morgan fingerprint density at radius 2 is 1.54 bits per heavy atom. The zero-order valence-electron chi connectivity index (χ0n) is 13.6. The Balaban J connectivity index is 3.86. The van der Waals surface area contributed by atoms with Crippen LogP contribution in [-0.2, 0) is 23.9 Å². The van der Waals surface area contributed by atoms with Gasteiger partial charge in [0.15, 0.2) is 51.5 Å². The number of aliphatic hydroxyl groups is 3. The molecule has 5 N–H and O–H groups in total. The molecule has 1 aliphatic heterocycles. The van der Waals surface area contributed by atoms with E-state index in [2.05, 4.69) is 0 Å². The second kappa shape index (κ2) is 6.25. The van der Waals surface area contributed by atoms with Crippen molar-refractivity contribution in [1.82, 2.24) is 0 Å². The van der Waals surface area contributed by atoms with Crippen molar-refractivity contribution in [3.05, 3.63) is 0 Å². The predicted octanol–water partition coefficient (Wildman–Crippen LogP) is -2.17. The van der Waals surface area contributed by atoms with E-state index in [1.54, 1.807) is 0 Å². The van der Waals surface area contributed by atoms with Gasteiger partial charge < -0.3 is 25.8 Å². The van der Waals surface area contributed by atoms with E-state index in [0.29, 0.717) is 0 Å². The first-order chi connectivity index (χ1) is 10.7. The summed E-state index contributed by atoms with van der Waals surface area (Å²) in [6, 6.07) is 0. The number of halogens is 1. The van der Waals surface area contributed by atoms with Gasteiger partial charge in [-0.1, -0.05) is 11.6 Å². The van der Waals surface area contributed by atoms with Crippen LogP contribution in [0.4, 0.5) is 0 Å². The Labute approximate surface area is 142 Å². The molecule has 0 bridgehead atoms. The van der Waals surface area contributed by atoms with Crippen molar-refractivity contribution in [3.8, 4) is 0 Å². The number of carbonyl (C=O) groups is 4. The number of Topliss-reactive ketones (excluding diaryl/α,β-unsaturated/α-hetero) is 4. The van der Waals surface area contributed by atoms with Gasteiger partial charge in [-0.05, 0) is 27.7 Å². The number of carbonyl (C=O) groups excluding carboxylic acids is 4. The standard InChI is InChI=1S/C14H20ClNO8/c1-5(17)9(21)10-13(22,7(3)19)14(23,8(4)20)12(16,6(2)18)11(15)24-10/h5,10-11,17,22-23H,16H2,1-4H3/t5?,10-,11+,12+,13-,14-/m1/s1. The summed E-state index contributed by atoms with van der Waals surface area (Å²) in [6.07, 6.45) is -3.93. The highest BCUT2D eigenvalue weighted by molar-refractivity contribution is 6.25. The molecule has 1 aliphatic rings. The minimum absolute atomic E-state index is 0.773. The molecule has 0 aromatic heterocycles. The first-order valence-corrected chi connectivity index (χ1v) is 7.42. The zero-order chi connectivity index (χ0) is 19.2. The summed E-state index contributed by atoms with van der Waals surface area (Å²) in [5.41, 5.74) is -5.31. The van der Waals surface area contributed by atoms with Gasteiger partial charge in [0, 0.05) is 0 Å². The highest BCUT2D eigenvalue weighted by Gasteiger charge is 2.78. The Morgan fingerprint density at radius 1 is 1.08 bits per heavy atom. The van der Waals surface area contributed by atoms with E-state index in [0.717, 1.165) is 27.7 Å². The smallest absolute Gasteiger partial charge is 0.194 e. The Kier molecular flexibility index (Phi) is 5.42. The molecule has 1 heterocycles. The van der Waals surface area contributed by atoms with Crippen LogP contribution in [0.25, 0.3) is 0 Å². The summed E-state index contributed by atoms with van der Waals surface area (Å²) in [7, 11) is 0. The summed E-state index contributed by atoms with van der Waals surface area (Å²) in [4.78, 5) is 48.4. The maximum atomic E-state index is 12.2. The molecule has 24 heavy (non-hydrogen) atoms. The minimum atomic E-state index is -3.25. The van der Waals surface area contributed by atoms with Crippen molar-refractivity contribution in [2.45, 2.75) is 62.2 Å². The van der Waals surface area contributed by atoms with Crippen molar-refractivity contribution in [3.63, 3.8) is 0 Å². The van der Waals surface area contributed by atoms with E-state index in [-0.39, 0.29) is 0 Å². The van der Waals surface area contributed by atoms with E-state index in [1.807, 2.05) is 0 Å². The van der Waals surface area contributed by atoms with E-state index >= 15 is 0 Å². The van der Waals surface area contributed by atoms with Crippen LogP contribution in [0.3, 0.4) is 0 Å². The number of aliphatic hydroxyl groups excluding tert-OH is 1. The van der Waals surface area contributed by atoms with Gasteiger partial charge in [-0.15, -0.1) is 0 Å². The van der Waals surface area contributed by atoms with E-state index in [4.69, 9.17) is 22.1 Å². The fourth-order valence-electron chi connectivity index (χ4n) is 2.90. The molecule has 0 saturated carbocycles. The van der Waals surface area contributed by atoms with Crippen LogP contribution >= 0.6 is 11.6 Å². The van der Waals surface area contributed by atoms with Gasteiger partial charge in [-0.3, -0.25) is 19.2 Å². The molecule has 9 nitrogen and oxygen atoms in total. The number of alkyl halides is 1. The highest BCUT2D eigenvalue weighted by Crippen LogP contribution is 2.46. The van der Waals surface area contributed by atoms with Gasteiger partial charge in [0.2, 0.25) is 0 Å². The van der Waals surface area contributed by atoms with Crippen LogP contribution in [0.5, 0.6) is 0 Å². The molecule has 10 heteroatoms. The normalized spacial score (nSPS) is 40.7. The van der Waals surface area contributed by atoms with Gasteiger partial charge in [0.05, 0.1) is 0 Å². The molecule has 0 radical (unpaired) electrons. The lowest BCUT2D eigenvalue weighted by Crippen LogP contribution is -2.88. The molecule has 0 aromatic carbocycles. The molecule has 1 saturated heterocycles. The van der Waals surface area contributed by atoms with E-state index in [1.165, 1.54) is 0 Å². The van der Waals surface area contributed by atoms with Crippen LogP contribution in [0, 0.1) is 0 Å². The van der Waals surface area contributed by atoms with Gasteiger partial charge in [-0.2, -0.15) is 0 Å². The molecule has 6 atom stereocenters. The van der Waals surface area contributed by atoms with E-state index < -0.39 is 57.6 Å². The third kappa shape index (κ3) is 2.35. The van der Waals surface area contributed by atoms with Gasteiger partial charge in [-0.25, -0.2) is 0 Å². The fourth-order valence-corrected chi connectivity index (χ4v) is 3.31. The molecule has 1 rings (SSSR count). The van der Waals surface area contributed by atoms with Crippen molar-refractivity contribution in [1.29, 1.82) is 0 Å². The fraction of sp³-hybridized carbons (Fsp3) is 0.714. The van der Waals surface area contributed by atoms with Gasteiger partial charge in [0.1, 0.15) is 6.10 Å². The second-order valence-corrected chi connectivity index (χ2v) is 6.32. The molecule has 0 amide bonds. The number of nitrogens with two attached hydrogens (primary N) is 1. The number of ether oxygens (including phenoxy) is 1. The average molecular weight is 366 g/mol. The highest BCUT2D eigenvalue weighted by atomic mass is 35.5. The lowest BCUT2D eigenvalue weighted by Gasteiger charge is -2.57. The molecule has 0 aliphatic carbocycles. The quantitative estimate of drug-likeness (QED) is 0.396. The van der Waals surface area contributed by atoms with Crippen LogP contribution in [0.2, 0.25) is 0 Å². The monoisotopic (exact) mass is 365 g/mol. The van der Waals surface area contributed by atoms with Gasteiger partial charge in [0.25, 0.3) is 0 Å². The summed E-state index contributed by atoms with van der Waals surface area (Å²) >= 11 is 5.89. The molecule has 1 unspecified atom stereocenters. The lowest BCUT2D eigenvalue weighted by molar-refractivity contribution is -0.262. The van der Waals surface area contributed by atoms with Crippen molar-refractivity contribution in [2.24, 2.45) is 5.73 Å². The number of hydrogen-bond acceptors (Lipinski definition) is 9. The van der Waals surface area contributed by atoms with Crippen molar-refractivity contribution >= 4 is 34.7 Å². The Hall–Kier alpha value is -1.23. The Bertz CT molecular complexity index is 608. The van der Waals surface area contributed by atoms with Crippen LogP contribution in [-0.4, -0.2) is 73.0 Å². The zero-order valence-corrected chi connectivity index (χ0v) is 14.3. The average Bonchev–Trinajstić information content (AvgIpc) is 2.46. The maximum Gasteiger partial charge on any atom is 0.194 e. The topological polar surface area (TPSA) is 164 Å². The summed E-state index contributed by atoms with van der Waals surface area (Å²) in [6.45, 7) is 3.45. The lowest BCUT2D eigenvalue weighted by atomic mass is 9.59. The van der Waals surface area contributed by atoms with E-state index in [9.17, 15) is 34.5 Å². The minimum Gasteiger partial charge on any atom is -0.386 e. The van der Waals surface area contributed by atoms with Crippen LogP contribution in [0.15, 0.2) is 0 Å². The third-order valence-electron chi connectivity index (χ3n) is 4.44. The maximum absolute atomic E-state index is 12.2. The second-order valence-electron chi connectivity index (χ2n) is 5.92. The molecule has 0 aromatic rings. The molecule has 1 fully saturated rings. The predicted molar refractivity (Wildman–Crippen MR) is 80.1 cm³/mol. The summed E-state index contributed by atoms with van der Waals surface area (Å²) in [5.74, 6) is -4.81. The third-order valence-corrected chi connectivity index (χ3v) is 4.89. The van der Waals surface area contributed by atoms with Gasteiger partial charge >= 0.3 is 0 Å². The number of ketones is 4. The molecular formula is C14H20ClNO8. The number of hydrogen-bond donors (Lipinski definition) is 4. The van der Waals surface area contributed by atoms with Crippen molar-refractivity contribution in [2.75, 3.05) is 0 Å². The van der Waals surface area contributed by atoms with Crippen molar-refractivity contribution < 1.29 is 39.2 Å². The SMILES string of the molecule is CC(=O)[C@]1(O)[C@@](O)(C(C)=O)[C@@H](C(=O)C(C)O)O[C@H](Cl)[C@@]1(N)C(C)=O. The molecule has 0 spiro atoms. The summed E-state index contributed by atoms with van der Waals surface area (Å²) in [5, 5.41) is 31.2. The number of rotatable bonds is 5. The molecular weight excluding hydrogens is 346 g/mol. The van der Waals surface area contributed by atoms with Crippen LogP contribution < -0.4 is 5.73 Å². The first-order valence-electron chi connectivity index (χ1n) is 6.98. The first kappa shape index (κ1) is 20.8. The summed E-state index contributed by atoms with van der Waals surface area (Å²) < 4.78 is 5.04. The Morgan fingerprint density at radius 3 is 1.83 bits per heavy atom. The largest absolute Gasteiger partial charge is 0.386 e. The molecule has 136 valence electrons. The van der Waals surface area contributed by atoms with Crippen LogP contribution in [0.1, 0.15) is 27.7 Å².